The van der Waals surface area contributed by atoms with E-state index in [1.54, 1.807) is 24.5 Å². The van der Waals surface area contributed by atoms with Crippen LogP contribution in [-0.2, 0) is 6.54 Å². The van der Waals surface area contributed by atoms with E-state index in [1.807, 2.05) is 17.6 Å². The van der Waals surface area contributed by atoms with Crippen LogP contribution in [0.2, 0.25) is 4.34 Å². The largest absolute Gasteiger partial charge is 0.469 e. The second-order valence-corrected chi connectivity index (χ2v) is 7.57. The highest BCUT2D eigenvalue weighted by Crippen LogP contribution is 2.28. The van der Waals surface area contributed by atoms with Crippen LogP contribution in [0.25, 0.3) is 11.4 Å². The molecule has 0 aromatic carbocycles. The maximum Gasteiger partial charge on any atom is 0.192 e. The molecule has 3 aromatic heterocycles. The highest BCUT2D eigenvalue weighted by molar-refractivity contribution is 7.99. The molecule has 24 heavy (non-hydrogen) atoms. The van der Waals surface area contributed by atoms with Gasteiger partial charge >= 0.3 is 0 Å². The first kappa shape index (κ1) is 17.0. The van der Waals surface area contributed by atoms with Crippen molar-refractivity contribution < 1.29 is 9.21 Å². The van der Waals surface area contributed by atoms with Crippen molar-refractivity contribution >= 4 is 40.5 Å². The normalized spacial score (nSPS) is 10.9. The molecule has 0 fully saturated rings. The number of nitrogens with zero attached hydrogens (tertiary/aromatic N) is 3. The van der Waals surface area contributed by atoms with Crippen LogP contribution in [0.15, 0.2) is 46.7 Å². The standard InChI is InChI=1S/C16H14ClN3O2S2/c1-3-7-20-15(11-6-8-22-10(11)2)18-19-16(20)23-9-12(21)13-4-5-14(17)24-13/h3-6,8H,1,7,9H2,2H3. The van der Waals surface area contributed by atoms with Crippen LogP contribution in [0.3, 0.4) is 0 Å². The molecule has 3 heterocycles. The number of carbonyl (C=O) groups is 1. The molecule has 0 amide bonds. The minimum atomic E-state index is 0.0195. The van der Waals surface area contributed by atoms with Crippen molar-refractivity contribution in [2.45, 2.75) is 18.6 Å². The summed E-state index contributed by atoms with van der Waals surface area (Å²) < 4.78 is 7.87. The lowest BCUT2D eigenvalue weighted by molar-refractivity contribution is 0.102. The number of furan rings is 1. The minimum absolute atomic E-state index is 0.0195. The first-order valence-electron chi connectivity index (χ1n) is 7.10. The van der Waals surface area contributed by atoms with Crippen LogP contribution in [0.1, 0.15) is 15.4 Å². The molecular formula is C16H14ClN3O2S2. The summed E-state index contributed by atoms with van der Waals surface area (Å²) in [4.78, 5) is 12.9. The van der Waals surface area contributed by atoms with Crippen LogP contribution in [0, 0.1) is 6.92 Å². The van der Waals surface area contributed by atoms with Gasteiger partial charge in [-0.1, -0.05) is 29.4 Å². The van der Waals surface area contributed by atoms with Gasteiger partial charge < -0.3 is 4.42 Å². The third-order valence-corrected chi connectivity index (χ3v) is 5.55. The number of hydrogen-bond donors (Lipinski definition) is 0. The lowest BCUT2D eigenvalue weighted by Gasteiger charge is -2.06. The topological polar surface area (TPSA) is 60.9 Å². The Morgan fingerprint density at radius 1 is 1.46 bits per heavy atom. The van der Waals surface area contributed by atoms with E-state index >= 15 is 0 Å². The number of allylic oxidation sites excluding steroid dienone is 1. The zero-order chi connectivity index (χ0) is 17.1. The molecule has 0 saturated heterocycles. The monoisotopic (exact) mass is 379 g/mol. The number of rotatable bonds is 7. The predicted molar refractivity (Wildman–Crippen MR) is 97.0 cm³/mol. The van der Waals surface area contributed by atoms with E-state index < -0.39 is 0 Å². The molecule has 0 radical (unpaired) electrons. The summed E-state index contributed by atoms with van der Waals surface area (Å²) in [5.74, 6) is 1.77. The summed E-state index contributed by atoms with van der Waals surface area (Å²) in [5.41, 5.74) is 0.882. The van der Waals surface area contributed by atoms with E-state index in [0.717, 1.165) is 11.3 Å². The van der Waals surface area contributed by atoms with Crippen LogP contribution >= 0.6 is 34.7 Å². The van der Waals surface area contributed by atoms with Crippen molar-refractivity contribution in [1.29, 1.82) is 0 Å². The number of hydrogen-bond acceptors (Lipinski definition) is 6. The Kier molecular flexibility index (Phi) is 5.23. The molecule has 0 bridgehead atoms. The Morgan fingerprint density at radius 3 is 2.92 bits per heavy atom. The number of ketones is 1. The van der Waals surface area contributed by atoms with Gasteiger partial charge in [-0.05, 0) is 25.1 Å². The van der Waals surface area contributed by atoms with Crippen molar-refractivity contribution in [2.75, 3.05) is 5.75 Å². The Hall–Kier alpha value is -1.83. The molecule has 0 N–H and O–H groups in total. The molecule has 0 atom stereocenters. The zero-order valence-corrected chi connectivity index (χ0v) is 15.2. The maximum absolute atomic E-state index is 12.2. The van der Waals surface area contributed by atoms with Crippen molar-refractivity contribution in [3.8, 4) is 11.4 Å². The molecule has 0 spiro atoms. The second kappa shape index (κ2) is 7.38. The van der Waals surface area contributed by atoms with Gasteiger partial charge in [0.25, 0.3) is 0 Å². The number of thiophene rings is 1. The molecule has 0 saturated carbocycles. The molecule has 0 unspecified atom stereocenters. The van der Waals surface area contributed by atoms with E-state index in [0.29, 0.717) is 26.7 Å². The van der Waals surface area contributed by atoms with E-state index in [1.165, 1.54) is 23.1 Å². The molecule has 124 valence electrons. The molecule has 0 aliphatic carbocycles. The third-order valence-electron chi connectivity index (χ3n) is 3.31. The number of thioether (sulfide) groups is 1. The van der Waals surface area contributed by atoms with Gasteiger partial charge in [0.15, 0.2) is 16.8 Å². The summed E-state index contributed by atoms with van der Waals surface area (Å²) in [6, 6.07) is 5.32. The van der Waals surface area contributed by atoms with E-state index in [-0.39, 0.29) is 11.5 Å². The van der Waals surface area contributed by atoms with E-state index in [4.69, 9.17) is 16.0 Å². The number of aryl methyl sites for hydroxylation is 1. The van der Waals surface area contributed by atoms with Crippen LogP contribution in [-0.4, -0.2) is 26.3 Å². The summed E-state index contributed by atoms with van der Waals surface area (Å²) in [5, 5.41) is 9.13. The molecule has 8 heteroatoms. The molecule has 0 aliphatic rings. The summed E-state index contributed by atoms with van der Waals surface area (Å²) in [6.45, 7) is 6.20. The van der Waals surface area contributed by atoms with Crippen molar-refractivity contribution in [3.63, 3.8) is 0 Å². The number of Topliss-reactive ketones (excluding diaryl/α,β-unsaturated/α-hetero) is 1. The Balaban J connectivity index is 1.81. The lowest BCUT2D eigenvalue weighted by atomic mass is 10.2. The van der Waals surface area contributed by atoms with Gasteiger partial charge in [0, 0.05) is 6.54 Å². The van der Waals surface area contributed by atoms with Gasteiger partial charge in [-0.25, -0.2) is 0 Å². The van der Waals surface area contributed by atoms with Gasteiger partial charge in [-0.3, -0.25) is 9.36 Å². The molecular weight excluding hydrogens is 366 g/mol. The zero-order valence-electron chi connectivity index (χ0n) is 12.9. The number of halogens is 1. The van der Waals surface area contributed by atoms with Crippen molar-refractivity contribution in [1.82, 2.24) is 14.8 Å². The van der Waals surface area contributed by atoms with Gasteiger partial charge in [-0.2, -0.15) is 0 Å². The van der Waals surface area contributed by atoms with Gasteiger partial charge in [0.05, 0.1) is 26.8 Å². The second-order valence-electron chi connectivity index (χ2n) is 4.91. The summed E-state index contributed by atoms with van der Waals surface area (Å²) in [6.07, 6.45) is 3.39. The van der Waals surface area contributed by atoms with E-state index in [9.17, 15) is 4.79 Å². The Morgan fingerprint density at radius 2 is 2.29 bits per heavy atom. The van der Waals surface area contributed by atoms with Crippen LogP contribution in [0.4, 0.5) is 0 Å². The average molecular weight is 380 g/mol. The molecule has 5 nitrogen and oxygen atoms in total. The lowest BCUT2D eigenvalue weighted by Crippen LogP contribution is -2.04. The first-order valence-corrected chi connectivity index (χ1v) is 9.28. The number of carbonyl (C=O) groups excluding carboxylic acids is 1. The molecule has 3 rings (SSSR count). The number of aromatic nitrogens is 3. The molecule has 3 aromatic rings. The van der Waals surface area contributed by atoms with Crippen LogP contribution in [0.5, 0.6) is 0 Å². The van der Waals surface area contributed by atoms with Gasteiger partial charge in [-0.15, -0.1) is 28.1 Å². The van der Waals surface area contributed by atoms with Gasteiger partial charge in [0.2, 0.25) is 0 Å². The fourth-order valence-corrected chi connectivity index (χ4v) is 4.07. The Bertz CT molecular complexity index is 882. The van der Waals surface area contributed by atoms with Crippen molar-refractivity contribution in [3.05, 3.63) is 52.1 Å². The highest BCUT2D eigenvalue weighted by atomic mass is 35.5. The molecule has 0 aliphatic heterocycles. The summed E-state index contributed by atoms with van der Waals surface area (Å²) >= 11 is 8.51. The van der Waals surface area contributed by atoms with Crippen molar-refractivity contribution in [2.24, 2.45) is 0 Å². The van der Waals surface area contributed by atoms with E-state index in [2.05, 4.69) is 16.8 Å². The quantitative estimate of drug-likeness (QED) is 0.337. The SMILES string of the molecule is C=CCn1c(SCC(=O)c2ccc(Cl)s2)nnc1-c1ccoc1C. The fraction of sp³-hybridized carbons (Fsp3) is 0.188. The fourth-order valence-electron chi connectivity index (χ4n) is 2.17. The smallest absolute Gasteiger partial charge is 0.192 e. The highest BCUT2D eigenvalue weighted by Gasteiger charge is 2.18. The first-order chi connectivity index (χ1) is 11.6. The summed E-state index contributed by atoms with van der Waals surface area (Å²) in [7, 11) is 0. The minimum Gasteiger partial charge on any atom is -0.469 e. The van der Waals surface area contributed by atoms with Gasteiger partial charge in [0.1, 0.15) is 5.76 Å². The maximum atomic E-state index is 12.2. The third kappa shape index (κ3) is 3.48. The predicted octanol–water partition coefficient (Wildman–Crippen LogP) is 4.72. The van der Waals surface area contributed by atoms with Crippen LogP contribution < -0.4 is 0 Å². The average Bonchev–Trinajstić information content (AvgIpc) is 3.26. The Labute approximate surface area is 152 Å².